The molecule has 92 valence electrons. The highest BCUT2D eigenvalue weighted by Gasteiger charge is 2.44. The molecule has 0 spiro atoms. The predicted molar refractivity (Wildman–Crippen MR) is 59.6 cm³/mol. The Balaban J connectivity index is 2.95. The van der Waals surface area contributed by atoms with E-state index >= 15 is 0 Å². The number of carbonyl (C=O) groups excluding carboxylic acids is 2. The number of ether oxygens (including phenoxy) is 1. The summed E-state index contributed by atoms with van der Waals surface area (Å²) in [5.41, 5.74) is -0.500. The van der Waals surface area contributed by atoms with Crippen molar-refractivity contribution in [2.75, 3.05) is 13.7 Å². The molecular formula is C11H20N2O3. The quantitative estimate of drug-likeness (QED) is 0.708. The first-order chi connectivity index (χ1) is 7.29. The minimum absolute atomic E-state index is 0.0560. The molecule has 1 amide bonds. The van der Waals surface area contributed by atoms with Gasteiger partial charge in [-0.25, -0.2) is 0 Å². The molecule has 1 aliphatic rings. The van der Waals surface area contributed by atoms with Crippen LogP contribution in [0.2, 0.25) is 0 Å². The van der Waals surface area contributed by atoms with Crippen LogP contribution in [0.3, 0.4) is 0 Å². The second-order valence-electron chi connectivity index (χ2n) is 4.95. The van der Waals surface area contributed by atoms with Crippen LogP contribution in [0, 0.1) is 5.92 Å². The number of hydrogen-bond acceptors (Lipinski definition) is 4. The van der Waals surface area contributed by atoms with Crippen molar-refractivity contribution in [3.8, 4) is 0 Å². The molecule has 0 saturated carbocycles. The van der Waals surface area contributed by atoms with Crippen LogP contribution in [0.25, 0.3) is 0 Å². The topological polar surface area (TPSA) is 58.6 Å². The summed E-state index contributed by atoms with van der Waals surface area (Å²) < 4.78 is 4.79. The Morgan fingerprint density at radius 3 is 2.38 bits per heavy atom. The van der Waals surface area contributed by atoms with E-state index in [4.69, 9.17) is 4.74 Å². The summed E-state index contributed by atoms with van der Waals surface area (Å²) in [7, 11) is 1.37. The summed E-state index contributed by atoms with van der Waals surface area (Å²) in [6.07, 6.45) is 0. The van der Waals surface area contributed by atoms with E-state index < -0.39 is 5.66 Å². The Bertz CT molecular complexity index is 300. The molecule has 5 nitrogen and oxygen atoms in total. The van der Waals surface area contributed by atoms with Crippen LogP contribution >= 0.6 is 0 Å². The number of hydrogen-bond donors (Lipinski definition) is 1. The third-order valence-electron chi connectivity index (χ3n) is 2.89. The highest BCUT2D eigenvalue weighted by atomic mass is 16.5. The van der Waals surface area contributed by atoms with Crippen LogP contribution in [-0.4, -0.2) is 42.1 Å². The van der Waals surface area contributed by atoms with E-state index in [9.17, 15) is 9.59 Å². The number of methoxy groups -OCH3 is 1. The van der Waals surface area contributed by atoms with E-state index in [0.29, 0.717) is 0 Å². The van der Waals surface area contributed by atoms with E-state index in [1.807, 2.05) is 32.6 Å². The third kappa shape index (κ3) is 2.35. The number of amides is 1. The predicted octanol–water partition coefficient (Wildman–Crippen LogP) is 0.352. The molecule has 1 rings (SSSR count). The van der Waals surface area contributed by atoms with Crippen LogP contribution < -0.4 is 5.32 Å². The fourth-order valence-electron chi connectivity index (χ4n) is 2.13. The first kappa shape index (κ1) is 13.0. The van der Waals surface area contributed by atoms with Crippen molar-refractivity contribution in [3.05, 3.63) is 0 Å². The van der Waals surface area contributed by atoms with Gasteiger partial charge < -0.3 is 10.1 Å². The minimum atomic E-state index is -0.500. The zero-order chi connectivity index (χ0) is 12.5. The van der Waals surface area contributed by atoms with Crippen molar-refractivity contribution < 1.29 is 14.3 Å². The lowest BCUT2D eigenvalue weighted by molar-refractivity contribution is -0.150. The Labute approximate surface area is 96.1 Å². The summed E-state index contributed by atoms with van der Waals surface area (Å²) in [5, 5.41) is 2.84. The molecule has 5 heteroatoms. The highest BCUT2D eigenvalue weighted by Crippen LogP contribution is 2.24. The lowest BCUT2D eigenvalue weighted by Crippen LogP contribution is -2.55. The van der Waals surface area contributed by atoms with Crippen molar-refractivity contribution in [2.45, 2.75) is 39.4 Å². The average molecular weight is 228 g/mol. The SMILES string of the molecule is COC(=O)C(C(C)C)N1CC(=O)NC1(C)C. The molecule has 1 unspecified atom stereocenters. The zero-order valence-corrected chi connectivity index (χ0v) is 10.5. The van der Waals surface area contributed by atoms with E-state index in [1.54, 1.807) is 0 Å². The van der Waals surface area contributed by atoms with Crippen molar-refractivity contribution in [1.29, 1.82) is 0 Å². The first-order valence-electron chi connectivity index (χ1n) is 5.45. The minimum Gasteiger partial charge on any atom is -0.468 e. The van der Waals surface area contributed by atoms with Crippen LogP contribution in [-0.2, 0) is 14.3 Å². The summed E-state index contributed by atoms with van der Waals surface area (Å²) in [4.78, 5) is 25.0. The van der Waals surface area contributed by atoms with Gasteiger partial charge in [0.05, 0.1) is 19.3 Å². The van der Waals surface area contributed by atoms with Crippen LogP contribution in [0.1, 0.15) is 27.7 Å². The van der Waals surface area contributed by atoms with Gasteiger partial charge in [0.1, 0.15) is 6.04 Å². The monoisotopic (exact) mass is 228 g/mol. The Morgan fingerprint density at radius 1 is 1.50 bits per heavy atom. The number of esters is 1. The first-order valence-corrected chi connectivity index (χ1v) is 5.45. The van der Waals surface area contributed by atoms with Gasteiger partial charge in [0, 0.05) is 0 Å². The molecule has 1 saturated heterocycles. The standard InChI is InChI=1S/C11H20N2O3/c1-7(2)9(10(15)16-5)13-6-8(14)12-11(13,3)4/h7,9H,6H2,1-5H3,(H,12,14). The van der Waals surface area contributed by atoms with E-state index in [2.05, 4.69) is 5.32 Å². The Hall–Kier alpha value is -1.10. The second kappa shape index (κ2) is 4.41. The maximum atomic E-state index is 11.7. The third-order valence-corrected chi connectivity index (χ3v) is 2.89. The maximum Gasteiger partial charge on any atom is 0.323 e. The molecule has 0 aliphatic carbocycles. The lowest BCUT2D eigenvalue weighted by Gasteiger charge is -2.37. The van der Waals surface area contributed by atoms with Gasteiger partial charge >= 0.3 is 5.97 Å². The average Bonchev–Trinajstić information content (AvgIpc) is 2.39. The Morgan fingerprint density at radius 2 is 2.06 bits per heavy atom. The summed E-state index contributed by atoms with van der Waals surface area (Å²) in [6, 6.07) is -0.390. The van der Waals surface area contributed by atoms with Gasteiger partial charge in [-0.1, -0.05) is 13.8 Å². The normalized spacial score (nSPS) is 22.0. The van der Waals surface area contributed by atoms with Crippen molar-refractivity contribution >= 4 is 11.9 Å². The van der Waals surface area contributed by atoms with Crippen molar-refractivity contribution in [1.82, 2.24) is 10.2 Å². The molecule has 1 atom stereocenters. The molecular weight excluding hydrogens is 208 g/mol. The molecule has 1 aliphatic heterocycles. The highest BCUT2D eigenvalue weighted by molar-refractivity contribution is 5.83. The molecule has 1 fully saturated rings. The van der Waals surface area contributed by atoms with Gasteiger partial charge in [0.25, 0.3) is 0 Å². The number of carbonyl (C=O) groups is 2. The smallest absolute Gasteiger partial charge is 0.323 e. The Kier molecular flexibility index (Phi) is 3.57. The number of nitrogens with one attached hydrogen (secondary N) is 1. The van der Waals surface area contributed by atoms with Crippen LogP contribution in [0.15, 0.2) is 0 Å². The maximum absolute atomic E-state index is 11.7. The molecule has 0 bridgehead atoms. The van der Waals surface area contributed by atoms with Crippen LogP contribution in [0.4, 0.5) is 0 Å². The number of rotatable bonds is 3. The van der Waals surface area contributed by atoms with Gasteiger partial charge in [-0.05, 0) is 19.8 Å². The molecule has 0 aromatic carbocycles. The van der Waals surface area contributed by atoms with E-state index in [1.165, 1.54) is 7.11 Å². The van der Waals surface area contributed by atoms with Gasteiger partial charge in [0.2, 0.25) is 5.91 Å². The lowest BCUT2D eigenvalue weighted by atomic mass is 10.00. The van der Waals surface area contributed by atoms with Gasteiger partial charge in [-0.2, -0.15) is 0 Å². The van der Waals surface area contributed by atoms with E-state index in [0.717, 1.165) is 0 Å². The fraction of sp³-hybridized carbons (Fsp3) is 0.818. The van der Waals surface area contributed by atoms with Crippen molar-refractivity contribution in [2.24, 2.45) is 5.92 Å². The van der Waals surface area contributed by atoms with Crippen molar-refractivity contribution in [3.63, 3.8) is 0 Å². The second-order valence-corrected chi connectivity index (χ2v) is 4.95. The summed E-state index contributed by atoms with van der Waals surface area (Å²) in [6.45, 7) is 7.90. The molecule has 16 heavy (non-hydrogen) atoms. The molecule has 1 heterocycles. The molecule has 0 radical (unpaired) electrons. The molecule has 1 N–H and O–H groups in total. The summed E-state index contributed by atoms with van der Waals surface area (Å²) in [5.74, 6) is -0.251. The summed E-state index contributed by atoms with van der Waals surface area (Å²) >= 11 is 0. The zero-order valence-electron chi connectivity index (χ0n) is 10.5. The van der Waals surface area contributed by atoms with Gasteiger partial charge in [-0.15, -0.1) is 0 Å². The fourth-order valence-corrected chi connectivity index (χ4v) is 2.13. The van der Waals surface area contributed by atoms with Gasteiger partial charge in [0.15, 0.2) is 0 Å². The molecule has 0 aromatic rings. The largest absolute Gasteiger partial charge is 0.468 e. The number of nitrogens with zero attached hydrogens (tertiary/aromatic N) is 1. The molecule has 0 aromatic heterocycles. The van der Waals surface area contributed by atoms with E-state index in [-0.39, 0.29) is 30.4 Å². The van der Waals surface area contributed by atoms with Crippen LogP contribution in [0.5, 0.6) is 0 Å². The van der Waals surface area contributed by atoms with Gasteiger partial charge in [-0.3, -0.25) is 14.5 Å².